The van der Waals surface area contributed by atoms with Crippen LogP contribution in [0.5, 0.6) is 0 Å². The van der Waals surface area contributed by atoms with Gasteiger partial charge in [0.05, 0.1) is 30.8 Å². The summed E-state index contributed by atoms with van der Waals surface area (Å²) in [5.74, 6) is 0. The maximum Gasteiger partial charge on any atom is 0.0863 e. The van der Waals surface area contributed by atoms with E-state index >= 15 is 0 Å². The van der Waals surface area contributed by atoms with Crippen molar-refractivity contribution in [3.05, 3.63) is 0 Å². The highest BCUT2D eigenvalue weighted by molar-refractivity contribution is 4.66. The van der Waals surface area contributed by atoms with E-state index in [2.05, 4.69) is 41.5 Å². The minimum atomic E-state index is -0.181. The Kier molecular flexibility index (Phi) is 8.13. The van der Waals surface area contributed by atoms with Gasteiger partial charge in [-0.2, -0.15) is 0 Å². The molecule has 0 fully saturated rings. The molecule has 0 amide bonds. The second-order valence-corrected chi connectivity index (χ2v) is 6.13. The lowest BCUT2D eigenvalue weighted by Crippen LogP contribution is -2.64. The summed E-state index contributed by atoms with van der Waals surface area (Å²) in [6.45, 7) is 17.1. The van der Waals surface area contributed by atoms with E-state index in [0.717, 1.165) is 13.0 Å². The quantitative estimate of drug-likeness (QED) is 0.620. The van der Waals surface area contributed by atoms with E-state index in [1.165, 1.54) is 23.7 Å². The Balaban J connectivity index is 5.25. The summed E-state index contributed by atoms with van der Waals surface area (Å²) in [6.07, 6.45) is 4.39. The average Bonchev–Trinajstić information content (AvgIpc) is 2.37. The van der Waals surface area contributed by atoms with E-state index in [9.17, 15) is 5.11 Å². The SMILES string of the molecule is CCC(C)[N+](CCC(C)O)(C(C)CC)C(C)CC. The molecular weight excluding hydrogens is 222 g/mol. The fourth-order valence-electron chi connectivity index (χ4n) is 3.39. The predicted octanol–water partition coefficient (Wildman–Crippen LogP) is 3.97. The van der Waals surface area contributed by atoms with Gasteiger partial charge in [0.25, 0.3) is 0 Å². The first-order valence-corrected chi connectivity index (χ1v) is 7.91. The zero-order chi connectivity index (χ0) is 14.3. The Morgan fingerprint density at radius 3 is 1.33 bits per heavy atom. The van der Waals surface area contributed by atoms with Crippen LogP contribution < -0.4 is 0 Å². The topological polar surface area (TPSA) is 20.2 Å². The Hall–Kier alpha value is -0.0800. The van der Waals surface area contributed by atoms with E-state index in [1.54, 1.807) is 0 Å². The summed E-state index contributed by atoms with van der Waals surface area (Å²) in [4.78, 5) is 0. The Morgan fingerprint density at radius 2 is 1.11 bits per heavy atom. The molecule has 0 radical (unpaired) electrons. The third kappa shape index (κ3) is 3.96. The van der Waals surface area contributed by atoms with Crippen molar-refractivity contribution < 1.29 is 9.59 Å². The van der Waals surface area contributed by atoms with Crippen LogP contribution in [-0.2, 0) is 0 Å². The molecule has 0 spiro atoms. The number of nitrogens with zero attached hydrogens (tertiary/aromatic N) is 1. The van der Waals surface area contributed by atoms with Crippen molar-refractivity contribution in [2.24, 2.45) is 0 Å². The third-order valence-electron chi connectivity index (χ3n) is 5.17. The van der Waals surface area contributed by atoms with Gasteiger partial charge in [-0.15, -0.1) is 0 Å². The molecule has 0 saturated carbocycles. The number of hydrogen-bond acceptors (Lipinski definition) is 1. The summed E-state index contributed by atoms with van der Waals surface area (Å²) in [5, 5.41) is 9.67. The lowest BCUT2D eigenvalue weighted by atomic mass is 9.97. The van der Waals surface area contributed by atoms with E-state index in [4.69, 9.17) is 0 Å². The lowest BCUT2D eigenvalue weighted by Gasteiger charge is -2.52. The predicted molar refractivity (Wildman–Crippen MR) is 80.7 cm³/mol. The van der Waals surface area contributed by atoms with Crippen molar-refractivity contribution in [1.82, 2.24) is 0 Å². The van der Waals surface area contributed by atoms with Gasteiger partial charge in [-0.05, 0) is 47.0 Å². The van der Waals surface area contributed by atoms with Crippen LogP contribution in [0.3, 0.4) is 0 Å². The van der Waals surface area contributed by atoms with E-state index in [1.807, 2.05) is 6.92 Å². The molecule has 18 heavy (non-hydrogen) atoms. The first kappa shape index (κ1) is 17.9. The lowest BCUT2D eigenvalue weighted by molar-refractivity contribution is -0.990. The van der Waals surface area contributed by atoms with Crippen LogP contribution in [0.1, 0.15) is 74.1 Å². The largest absolute Gasteiger partial charge is 0.393 e. The molecule has 0 aromatic rings. The molecule has 1 N–H and O–H groups in total. The zero-order valence-corrected chi connectivity index (χ0v) is 13.7. The summed E-state index contributed by atoms with van der Waals surface area (Å²) >= 11 is 0. The minimum Gasteiger partial charge on any atom is -0.393 e. The number of hydrogen-bond donors (Lipinski definition) is 1. The highest BCUT2D eigenvalue weighted by Crippen LogP contribution is 2.30. The molecule has 0 aliphatic rings. The zero-order valence-electron chi connectivity index (χ0n) is 13.7. The molecule has 0 aromatic heterocycles. The van der Waals surface area contributed by atoms with Crippen molar-refractivity contribution in [2.45, 2.75) is 98.4 Å². The van der Waals surface area contributed by atoms with E-state index in [0.29, 0.717) is 18.1 Å². The summed E-state index contributed by atoms with van der Waals surface area (Å²) in [7, 11) is 0. The summed E-state index contributed by atoms with van der Waals surface area (Å²) in [6, 6.07) is 2.02. The molecule has 4 atom stereocenters. The summed E-state index contributed by atoms with van der Waals surface area (Å²) < 4.78 is 1.18. The van der Waals surface area contributed by atoms with Gasteiger partial charge in [0, 0.05) is 6.42 Å². The van der Waals surface area contributed by atoms with Crippen molar-refractivity contribution in [3.8, 4) is 0 Å². The van der Waals surface area contributed by atoms with E-state index < -0.39 is 0 Å². The van der Waals surface area contributed by atoms with Crippen LogP contribution in [0.2, 0.25) is 0 Å². The normalized spacial score (nSPS) is 22.0. The first-order chi connectivity index (χ1) is 8.36. The van der Waals surface area contributed by atoms with Crippen LogP contribution in [0.25, 0.3) is 0 Å². The molecule has 2 heteroatoms. The van der Waals surface area contributed by atoms with Crippen LogP contribution in [0, 0.1) is 0 Å². The fraction of sp³-hybridized carbons (Fsp3) is 1.00. The Morgan fingerprint density at radius 1 is 0.778 bits per heavy atom. The molecule has 0 rings (SSSR count). The van der Waals surface area contributed by atoms with Crippen LogP contribution >= 0.6 is 0 Å². The molecule has 0 bridgehead atoms. The van der Waals surface area contributed by atoms with Crippen molar-refractivity contribution in [1.29, 1.82) is 0 Å². The van der Waals surface area contributed by atoms with Gasteiger partial charge in [0.2, 0.25) is 0 Å². The van der Waals surface area contributed by atoms with Crippen molar-refractivity contribution in [2.75, 3.05) is 6.54 Å². The monoisotopic (exact) mass is 258 g/mol. The third-order valence-corrected chi connectivity index (χ3v) is 5.17. The van der Waals surface area contributed by atoms with Crippen LogP contribution in [-0.4, -0.2) is 40.4 Å². The molecule has 0 aromatic carbocycles. The second-order valence-electron chi connectivity index (χ2n) is 6.13. The molecule has 0 aliphatic carbocycles. The Bertz CT molecular complexity index is 189. The highest BCUT2D eigenvalue weighted by Gasteiger charge is 2.41. The van der Waals surface area contributed by atoms with Gasteiger partial charge in [0.1, 0.15) is 0 Å². The minimum absolute atomic E-state index is 0.181. The fourth-order valence-corrected chi connectivity index (χ4v) is 3.39. The molecule has 0 aliphatic heterocycles. The van der Waals surface area contributed by atoms with Gasteiger partial charge < -0.3 is 9.59 Å². The van der Waals surface area contributed by atoms with Gasteiger partial charge in [-0.1, -0.05) is 20.8 Å². The number of rotatable bonds is 9. The smallest absolute Gasteiger partial charge is 0.0863 e. The molecule has 0 heterocycles. The second kappa shape index (κ2) is 8.16. The maximum absolute atomic E-state index is 9.67. The van der Waals surface area contributed by atoms with Crippen LogP contribution in [0.15, 0.2) is 0 Å². The molecule has 0 saturated heterocycles. The van der Waals surface area contributed by atoms with Gasteiger partial charge >= 0.3 is 0 Å². The average molecular weight is 258 g/mol. The molecular formula is C16H36NO+. The van der Waals surface area contributed by atoms with Gasteiger partial charge in [-0.3, -0.25) is 0 Å². The molecule has 2 nitrogen and oxygen atoms in total. The number of aliphatic hydroxyl groups is 1. The molecule has 110 valence electrons. The summed E-state index contributed by atoms with van der Waals surface area (Å²) in [5.41, 5.74) is 0. The van der Waals surface area contributed by atoms with Crippen LogP contribution in [0.4, 0.5) is 0 Å². The maximum atomic E-state index is 9.67. The highest BCUT2D eigenvalue weighted by atomic mass is 16.3. The van der Waals surface area contributed by atoms with E-state index in [-0.39, 0.29) is 6.10 Å². The van der Waals surface area contributed by atoms with Crippen molar-refractivity contribution in [3.63, 3.8) is 0 Å². The number of quaternary nitrogens is 1. The first-order valence-electron chi connectivity index (χ1n) is 7.91. The Labute approximate surface area is 115 Å². The van der Waals surface area contributed by atoms with Gasteiger partial charge in [-0.25, -0.2) is 0 Å². The van der Waals surface area contributed by atoms with Crippen molar-refractivity contribution >= 4 is 0 Å². The standard InChI is InChI=1S/C16H36NO/c1-8-13(4)17(14(5)9-2,15(6)10-3)12-11-16(7)18/h13-16,18H,8-12H2,1-7H3/q+1. The molecule has 4 unspecified atom stereocenters. The van der Waals surface area contributed by atoms with Gasteiger partial charge in [0.15, 0.2) is 0 Å². The number of aliphatic hydroxyl groups excluding tert-OH is 1.